The van der Waals surface area contributed by atoms with Crippen LogP contribution in [0.25, 0.3) is 33.3 Å². The summed E-state index contributed by atoms with van der Waals surface area (Å²) in [6.45, 7) is 0. The van der Waals surface area contributed by atoms with E-state index in [1.54, 1.807) is 0 Å². The van der Waals surface area contributed by atoms with Gasteiger partial charge in [0.1, 0.15) is 11.1 Å². The van der Waals surface area contributed by atoms with E-state index in [-0.39, 0.29) is 0 Å². The van der Waals surface area contributed by atoms with Gasteiger partial charge in [-0.3, -0.25) is 0 Å². The Balaban J connectivity index is 1.46. The van der Waals surface area contributed by atoms with Crippen molar-refractivity contribution in [2.75, 3.05) is 10.6 Å². The Hall–Kier alpha value is -4.64. The number of aromatic nitrogens is 2. The number of furan rings is 1. The molecule has 34 heavy (non-hydrogen) atoms. The van der Waals surface area contributed by atoms with E-state index in [2.05, 4.69) is 83.4 Å². The highest BCUT2D eigenvalue weighted by Gasteiger charge is 2.43. The van der Waals surface area contributed by atoms with Crippen LogP contribution in [0.3, 0.4) is 0 Å². The lowest BCUT2D eigenvalue weighted by molar-refractivity contribution is 0.653. The SMILES string of the molecule is c1ccc(-c2ccccc2C2(c3ccccc3)Nc3nc4oc5ccccc5c4nc3N2)cc1. The molecule has 1 aliphatic heterocycles. The van der Waals surface area contributed by atoms with Gasteiger partial charge in [-0.1, -0.05) is 97.1 Å². The molecule has 5 heteroatoms. The maximum Gasteiger partial charge on any atom is 0.248 e. The molecule has 0 radical (unpaired) electrons. The van der Waals surface area contributed by atoms with Crippen LogP contribution in [0.1, 0.15) is 11.1 Å². The van der Waals surface area contributed by atoms with Crippen LogP contribution in [0.15, 0.2) is 114 Å². The third-order valence-electron chi connectivity index (χ3n) is 6.45. The van der Waals surface area contributed by atoms with Gasteiger partial charge in [-0.25, -0.2) is 4.98 Å². The summed E-state index contributed by atoms with van der Waals surface area (Å²) >= 11 is 0. The molecule has 0 aliphatic carbocycles. The molecule has 0 saturated heterocycles. The van der Waals surface area contributed by atoms with Gasteiger partial charge in [0.15, 0.2) is 17.3 Å². The monoisotopic (exact) mass is 440 g/mol. The van der Waals surface area contributed by atoms with E-state index >= 15 is 0 Å². The Labute approximate surface area is 196 Å². The van der Waals surface area contributed by atoms with Gasteiger partial charge in [-0.2, -0.15) is 4.98 Å². The fraction of sp³-hybridized carbons (Fsp3) is 0.0345. The molecule has 6 aromatic rings. The van der Waals surface area contributed by atoms with Gasteiger partial charge in [-0.05, 0) is 23.3 Å². The molecule has 0 amide bonds. The number of benzene rings is 4. The van der Waals surface area contributed by atoms with E-state index < -0.39 is 5.66 Å². The number of anilines is 2. The Kier molecular flexibility index (Phi) is 3.99. The molecule has 0 spiro atoms. The summed E-state index contributed by atoms with van der Waals surface area (Å²) in [5, 5.41) is 8.35. The highest BCUT2D eigenvalue weighted by atomic mass is 16.3. The van der Waals surface area contributed by atoms with Crippen LogP contribution in [0.2, 0.25) is 0 Å². The van der Waals surface area contributed by atoms with E-state index in [4.69, 9.17) is 14.4 Å². The van der Waals surface area contributed by atoms with E-state index in [0.29, 0.717) is 17.3 Å². The number of hydrogen-bond donors (Lipinski definition) is 2. The van der Waals surface area contributed by atoms with Crippen LogP contribution in [0, 0.1) is 0 Å². The van der Waals surface area contributed by atoms with Gasteiger partial charge in [0, 0.05) is 16.5 Å². The second-order valence-electron chi connectivity index (χ2n) is 8.45. The Bertz CT molecular complexity index is 1660. The maximum atomic E-state index is 6.01. The molecular weight excluding hydrogens is 420 g/mol. The lowest BCUT2D eigenvalue weighted by Crippen LogP contribution is -2.40. The normalized spacial score (nSPS) is 16.8. The van der Waals surface area contributed by atoms with Crippen molar-refractivity contribution in [3.63, 3.8) is 0 Å². The average Bonchev–Trinajstić information content (AvgIpc) is 3.46. The number of fused-ring (bicyclic) bond motifs is 4. The first kappa shape index (κ1) is 18.9. The Morgan fingerprint density at radius 3 is 2.09 bits per heavy atom. The van der Waals surface area contributed by atoms with E-state index in [0.717, 1.165) is 38.7 Å². The zero-order valence-electron chi connectivity index (χ0n) is 18.2. The number of nitrogens with zero attached hydrogens (tertiary/aromatic N) is 2. The molecule has 1 aliphatic rings. The third kappa shape index (κ3) is 2.74. The standard InChI is InChI=1S/C29H20N4O/c1-3-11-19(12-4-1)21-15-7-9-17-23(21)29(20-13-5-2-6-14-20)32-26-27(33-29)31-28-25(30-26)22-16-8-10-18-24(22)34-28/h1-18H,(H,30,32)(H,31,33). The molecule has 5 nitrogen and oxygen atoms in total. The smallest absolute Gasteiger partial charge is 0.248 e. The summed E-state index contributed by atoms with van der Waals surface area (Å²) in [7, 11) is 0. The highest BCUT2D eigenvalue weighted by Crippen LogP contribution is 2.46. The first-order chi connectivity index (χ1) is 16.8. The summed E-state index contributed by atoms with van der Waals surface area (Å²) in [5.74, 6) is 1.36. The lowest BCUT2D eigenvalue weighted by Gasteiger charge is -2.33. The quantitative estimate of drug-likeness (QED) is 0.317. The summed E-state index contributed by atoms with van der Waals surface area (Å²) in [6, 6.07) is 37.1. The van der Waals surface area contributed by atoms with E-state index in [1.807, 2.05) is 36.4 Å². The molecule has 7 rings (SSSR count). The van der Waals surface area contributed by atoms with Crippen molar-refractivity contribution >= 4 is 33.8 Å². The molecule has 0 fully saturated rings. The Morgan fingerprint density at radius 2 is 1.26 bits per heavy atom. The largest absolute Gasteiger partial charge is 0.436 e. The predicted octanol–water partition coefficient (Wildman–Crippen LogP) is 6.78. The second-order valence-corrected chi connectivity index (χ2v) is 8.45. The average molecular weight is 441 g/mol. The fourth-order valence-electron chi connectivity index (χ4n) is 4.89. The van der Waals surface area contributed by atoms with Crippen molar-refractivity contribution in [1.82, 2.24) is 9.97 Å². The van der Waals surface area contributed by atoms with Crippen molar-refractivity contribution in [1.29, 1.82) is 0 Å². The van der Waals surface area contributed by atoms with Crippen molar-refractivity contribution in [2.45, 2.75) is 5.66 Å². The summed E-state index contributed by atoms with van der Waals surface area (Å²) in [6.07, 6.45) is 0. The van der Waals surface area contributed by atoms with Gasteiger partial charge in [0.2, 0.25) is 5.71 Å². The minimum atomic E-state index is -0.745. The first-order valence-corrected chi connectivity index (χ1v) is 11.3. The maximum absolute atomic E-state index is 6.01. The van der Waals surface area contributed by atoms with Crippen molar-refractivity contribution in [3.05, 3.63) is 120 Å². The third-order valence-corrected chi connectivity index (χ3v) is 6.45. The lowest BCUT2D eigenvalue weighted by atomic mass is 9.86. The molecule has 0 saturated carbocycles. The topological polar surface area (TPSA) is 63.0 Å². The van der Waals surface area contributed by atoms with Crippen LogP contribution in [-0.4, -0.2) is 9.97 Å². The molecule has 0 bridgehead atoms. The van der Waals surface area contributed by atoms with Crippen molar-refractivity contribution in [3.8, 4) is 11.1 Å². The van der Waals surface area contributed by atoms with Crippen LogP contribution < -0.4 is 10.6 Å². The summed E-state index contributed by atoms with van der Waals surface area (Å²) in [5.41, 5.74) is 5.75. The zero-order chi connectivity index (χ0) is 22.5. The fourth-order valence-corrected chi connectivity index (χ4v) is 4.89. The number of rotatable bonds is 3. The predicted molar refractivity (Wildman–Crippen MR) is 136 cm³/mol. The van der Waals surface area contributed by atoms with Crippen LogP contribution >= 0.6 is 0 Å². The van der Waals surface area contributed by atoms with Crippen LogP contribution in [0.4, 0.5) is 11.6 Å². The van der Waals surface area contributed by atoms with E-state index in [9.17, 15) is 0 Å². The zero-order valence-corrected chi connectivity index (χ0v) is 18.2. The first-order valence-electron chi connectivity index (χ1n) is 11.3. The molecule has 4 aromatic carbocycles. The van der Waals surface area contributed by atoms with Gasteiger partial charge in [0.05, 0.1) is 0 Å². The highest BCUT2D eigenvalue weighted by molar-refractivity contribution is 6.02. The van der Waals surface area contributed by atoms with Gasteiger partial charge < -0.3 is 15.1 Å². The molecular formula is C29H20N4O. The minimum Gasteiger partial charge on any atom is -0.436 e. The summed E-state index contributed by atoms with van der Waals surface area (Å²) in [4.78, 5) is 9.80. The van der Waals surface area contributed by atoms with Gasteiger partial charge in [0.25, 0.3) is 0 Å². The number of nitrogens with one attached hydrogen (secondary N) is 2. The van der Waals surface area contributed by atoms with Gasteiger partial charge >= 0.3 is 0 Å². The summed E-state index contributed by atoms with van der Waals surface area (Å²) < 4.78 is 6.01. The molecule has 1 unspecified atom stereocenters. The van der Waals surface area contributed by atoms with Gasteiger partial charge in [-0.15, -0.1) is 0 Å². The van der Waals surface area contributed by atoms with E-state index in [1.165, 1.54) is 0 Å². The minimum absolute atomic E-state index is 0.523. The van der Waals surface area contributed by atoms with Crippen molar-refractivity contribution in [2.24, 2.45) is 0 Å². The number of para-hydroxylation sites is 1. The Morgan fingerprint density at radius 1 is 0.618 bits per heavy atom. The molecule has 2 N–H and O–H groups in total. The molecule has 3 heterocycles. The second kappa shape index (κ2) is 7.18. The number of hydrogen-bond acceptors (Lipinski definition) is 5. The van der Waals surface area contributed by atoms with Crippen LogP contribution in [0.5, 0.6) is 0 Å². The molecule has 162 valence electrons. The molecule has 1 atom stereocenters. The molecule has 2 aromatic heterocycles. The van der Waals surface area contributed by atoms with Crippen LogP contribution in [-0.2, 0) is 5.66 Å². The van der Waals surface area contributed by atoms with Crippen molar-refractivity contribution < 1.29 is 4.42 Å².